The highest BCUT2D eigenvalue weighted by molar-refractivity contribution is 7.63. The Labute approximate surface area is 70.0 Å². The molecule has 64 valence electrons. The minimum Gasteiger partial charge on any atom is -0.361 e. The fraction of sp³-hybridized carbons (Fsp3) is 1.00. The van der Waals surface area contributed by atoms with Crippen molar-refractivity contribution in [2.75, 3.05) is 0 Å². The normalized spacial score (nSPS) is 10.8. The second-order valence-corrected chi connectivity index (χ2v) is 3.24. The van der Waals surface area contributed by atoms with E-state index in [0.717, 1.165) is 0 Å². The molecule has 0 radical (unpaired) electrons. The topological polar surface area (TPSA) is 32.3 Å². The molecule has 1 atom stereocenters. The number of halogens is 1. The van der Waals surface area contributed by atoms with Gasteiger partial charge in [0, 0.05) is 12.1 Å². The van der Waals surface area contributed by atoms with E-state index in [0.29, 0.717) is 12.1 Å². The molecule has 0 aromatic heterocycles. The van der Waals surface area contributed by atoms with Gasteiger partial charge in [-0.3, -0.25) is 0 Å². The maximum atomic E-state index is 7.36. The van der Waals surface area contributed by atoms with Crippen molar-refractivity contribution in [1.82, 2.24) is 5.32 Å². The summed E-state index contributed by atoms with van der Waals surface area (Å²) >= 11 is 4.58. The van der Waals surface area contributed by atoms with Crippen molar-refractivity contribution in [3.8, 4) is 0 Å². The highest BCUT2D eigenvalue weighted by Gasteiger charge is 1.92. The van der Waals surface area contributed by atoms with E-state index in [-0.39, 0.29) is 0 Å². The summed E-state index contributed by atoms with van der Waals surface area (Å²) in [5, 5.41) is 3.31. The molecule has 0 saturated heterocycles. The van der Waals surface area contributed by atoms with E-state index in [1.807, 2.05) is 0 Å². The van der Waals surface area contributed by atoms with Crippen molar-refractivity contribution >= 4 is 19.4 Å². The van der Waals surface area contributed by atoms with Gasteiger partial charge in [0.1, 0.15) is 8.16 Å². The first-order valence-electron chi connectivity index (χ1n) is 3.30. The maximum absolute atomic E-state index is 7.36. The predicted octanol–water partition coefficient (Wildman–Crippen LogP) is 2.12. The van der Waals surface area contributed by atoms with Crippen molar-refractivity contribution in [3.63, 3.8) is 0 Å². The summed E-state index contributed by atoms with van der Waals surface area (Å²) in [6, 6.07) is 1.25. The summed E-state index contributed by atoms with van der Waals surface area (Å²) in [4.78, 5) is 7.36. The van der Waals surface area contributed by atoms with E-state index in [1.54, 1.807) is 0 Å². The third kappa shape index (κ3) is 23.4. The van der Waals surface area contributed by atoms with Gasteiger partial charge >= 0.3 is 0 Å². The van der Waals surface area contributed by atoms with E-state index in [1.165, 1.54) is 0 Å². The Kier molecular flexibility index (Phi) is 12.8. The summed E-state index contributed by atoms with van der Waals surface area (Å²) in [5.74, 6) is 0. The van der Waals surface area contributed by atoms with Crippen LogP contribution in [-0.4, -0.2) is 17.0 Å². The van der Waals surface area contributed by atoms with Crippen LogP contribution in [0.5, 0.6) is 0 Å². The number of rotatable bonds is 2. The molecule has 0 fully saturated rings. The molecular formula is C6H17ClNOP. The van der Waals surface area contributed by atoms with Crippen LogP contribution in [0, 0.1) is 0 Å². The molecule has 0 aliphatic rings. The van der Waals surface area contributed by atoms with Gasteiger partial charge in [-0.15, -0.1) is 0 Å². The van der Waals surface area contributed by atoms with Gasteiger partial charge < -0.3 is 10.2 Å². The van der Waals surface area contributed by atoms with Crippen LogP contribution in [0.4, 0.5) is 0 Å². The van der Waals surface area contributed by atoms with Gasteiger partial charge in [-0.25, -0.2) is 0 Å². The Bertz CT molecular complexity index is 55.7. The Hall–Kier alpha value is 0.640. The van der Waals surface area contributed by atoms with Crippen molar-refractivity contribution in [3.05, 3.63) is 0 Å². The van der Waals surface area contributed by atoms with Gasteiger partial charge in [-0.1, -0.05) is 38.9 Å². The molecule has 0 aliphatic carbocycles. The highest BCUT2D eigenvalue weighted by atomic mass is 35.7. The van der Waals surface area contributed by atoms with E-state index >= 15 is 0 Å². The van der Waals surface area contributed by atoms with Gasteiger partial charge in [-0.2, -0.15) is 0 Å². The van der Waals surface area contributed by atoms with Crippen molar-refractivity contribution in [2.24, 2.45) is 0 Å². The van der Waals surface area contributed by atoms with Crippen LogP contribution in [0.15, 0.2) is 0 Å². The predicted molar refractivity (Wildman–Crippen MR) is 49.8 cm³/mol. The van der Waals surface area contributed by atoms with Crippen molar-refractivity contribution in [1.29, 1.82) is 0 Å². The molecule has 0 rings (SSSR count). The third-order valence-corrected chi connectivity index (χ3v) is 0.667. The summed E-state index contributed by atoms with van der Waals surface area (Å²) in [6.07, 6.45) is 0. The summed E-state index contributed by atoms with van der Waals surface area (Å²) in [5.41, 5.74) is 0. The van der Waals surface area contributed by atoms with E-state index in [2.05, 4.69) is 44.3 Å². The maximum Gasteiger partial charge on any atom is 0.106 e. The lowest BCUT2D eigenvalue weighted by molar-refractivity contribution is 0.518. The Morgan fingerprint density at radius 3 is 1.40 bits per heavy atom. The van der Waals surface area contributed by atoms with Gasteiger partial charge in [0.2, 0.25) is 0 Å². The zero-order valence-corrected chi connectivity index (χ0v) is 8.74. The largest absolute Gasteiger partial charge is 0.361 e. The fourth-order valence-electron chi connectivity index (χ4n) is 0.667. The molecule has 10 heavy (non-hydrogen) atoms. The fourth-order valence-corrected chi connectivity index (χ4v) is 0.667. The first-order valence-corrected chi connectivity index (χ1v) is 5.26. The molecule has 4 heteroatoms. The highest BCUT2D eigenvalue weighted by Crippen LogP contribution is 2.04. The quantitative estimate of drug-likeness (QED) is 0.646. The van der Waals surface area contributed by atoms with Gasteiger partial charge in [0.05, 0.1) is 0 Å². The summed E-state index contributed by atoms with van der Waals surface area (Å²) < 4.78 is 0. The molecule has 1 unspecified atom stereocenters. The second kappa shape index (κ2) is 9.64. The van der Waals surface area contributed by atoms with Crippen LogP contribution in [0.1, 0.15) is 27.7 Å². The van der Waals surface area contributed by atoms with Gasteiger partial charge in [-0.05, 0) is 0 Å². The average molecular weight is 186 g/mol. The molecule has 0 amide bonds. The number of nitrogens with one attached hydrogen (secondary N) is 1. The summed E-state index contributed by atoms with van der Waals surface area (Å²) in [7, 11) is -0.444. The zero-order valence-electron chi connectivity index (χ0n) is 6.98. The Morgan fingerprint density at radius 2 is 1.40 bits per heavy atom. The molecule has 2 nitrogen and oxygen atoms in total. The van der Waals surface area contributed by atoms with Crippen LogP contribution >= 0.6 is 19.4 Å². The van der Waals surface area contributed by atoms with Crippen molar-refractivity contribution in [2.45, 2.75) is 39.8 Å². The first kappa shape index (κ1) is 13.2. The molecule has 2 N–H and O–H groups in total. The van der Waals surface area contributed by atoms with E-state index < -0.39 is 8.16 Å². The zero-order chi connectivity index (χ0) is 8.57. The lowest BCUT2D eigenvalue weighted by Crippen LogP contribution is -2.29. The van der Waals surface area contributed by atoms with Crippen LogP contribution < -0.4 is 5.32 Å². The monoisotopic (exact) mass is 185 g/mol. The van der Waals surface area contributed by atoms with E-state index in [4.69, 9.17) is 4.89 Å². The molecule has 0 bridgehead atoms. The standard InChI is InChI=1S/C6H15N.ClH2OP/c1-5(2)7-6(3)4;1-3-2/h5-7H,1-4H3;2-3H. The molecule has 0 aromatic rings. The lowest BCUT2D eigenvalue weighted by Gasteiger charge is -2.10. The molecule has 0 aliphatic heterocycles. The van der Waals surface area contributed by atoms with Crippen LogP contribution in [0.2, 0.25) is 0 Å². The van der Waals surface area contributed by atoms with Gasteiger partial charge in [0.15, 0.2) is 0 Å². The molecule has 0 spiro atoms. The number of hydrogen-bond donors (Lipinski definition) is 2. The Balaban J connectivity index is 0. The van der Waals surface area contributed by atoms with Gasteiger partial charge in [0.25, 0.3) is 0 Å². The average Bonchev–Trinajstić information content (AvgIpc) is 1.62. The molecule has 0 saturated carbocycles. The lowest BCUT2D eigenvalue weighted by atomic mass is 10.3. The van der Waals surface area contributed by atoms with Crippen LogP contribution in [-0.2, 0) is 0 Å². The Morgan fingerprint density at radius 1 is 1.20 bits per heavy atom. The SMILES string of the molecule is CC(C)NC(C)C.OPCl. The first-order chi connectivity index (χ1) is 4.54. The third-order valence-electron chi connectivity index (χ3n) is 0.667. The van der Waals surface area contributed by atoms with E-state index in [9.17, 15) is 0 Å². The second-order valence-electron chi connectivity index (χ2n) is 2.56. The minimum atomic E-state index is -0.444. The molecule has 0 heterocycles. The van der Waals surface area contributed by atoms with Crippen molar-refractivity contribution < 1.29 is 4.89 Å². The molecular weight excluding hydrogens is 168 g/mol. The molecule has 0 aromatic carbocycles. The number of hydrogen-bond acceptors (Lipinski definition) is 2. The minimum absolute atomic E-state index is 0.444. The smallest absolute Gasteiger partial charge is 0.106 e. The van der Waals surface area contributed by atoms with Crippen LogP contribution in [0.25, 0.3) is 0 Å². The summed E-state index contributed by atoms with van der Waals surface area (Å²) in [6.45, 7) is 8.61. The van der Waals surface area contributed by atoms with Crippen LogP contribution in [0.3, 0.4) is 0 Å².